The van der Waals surface area contributed by atoms with Gasteiger partial charge in [-0.1, -0.05) is 18.2 Å². The van der Waals surface area contributed by atoms with Crippen molar-refractivity contribution in [2.75, 3.05) is 19.6 Å². The Morgan fingerprint density at radius 2 is 1.73 bits per heavy atom. The first kappa shape index (κ1) is 20.6. The van der Waals surface area contributed by atoms with Gasteiger partial charge in [0, 0.05) is 43.8 Å². The Balaban J connectivity index is 1.28. The van der Waals surface area contributed by atoms with Gasteiger partial charge in [0.25, 0.3) is 0 Å². The number of piperidine rings is 1. The zero-order chi connectivity index (χ0) is 21.1. The Morgan fingerprint density at radius 1 is 1.03 bits per heavy atom. The average Bonchev–Trinajstić information content (AvgIpc) is 3.17. The molecule has 8 heteroatoms. The van der Waals surface area contributed by atoms with Crippen LogP contribution >= 0.6 is 0 Å². The third-order valence-electron chi connectivity index (χ3n) is 5.61. The molecule has 2 heterocycles. The van der Waals surface area contributed by atoms with Crippen molar-refractivity contribution in [1.29, 1.82) is 0 Å². The fourth-order valence-corrected chi connectivity index (χ4v) is 5.36. The Kier molecular flexibility index (Phi) is 5.87. The normalized spacial score (nSPS) is 16.0. The first-order valence-corrected chi connectivity index (χ1v) is 11.5. The second-order valence-electron chi connectivity index (χ2n) is 7.49. The van der Waals surface area contributed by atoms with Crippen LogP contribution in [-0.4, -0.2) is 42.8 Å². The third-order valence-corrected chi connectivity index (χ3v) is 7.52. The number of sulfonamides is 1. The summed E-state index contributed by atoms with van der Waals surface area (Å²) in [6.45, 7) is 1.75. The molecule has 6 nitrogen and oxygen atoms in total. The van der Waals surface area contributed by atoms with Crippen LogP contribution < -0.4 is 5.32 Å². The van der Waals surface area contributed by atoms with E-state index in [0.717, 1.165) is 17.6 Å². The Bertz CT molecular complexity index is 1130. The van der Waals surface area contributed by atoms with Gasteiger partial charge in [-0.15, -0.1) is 0 Å². The van der Waals surface area contributed by atoms with Crippen LogP contribution in [-0.2, 0) is 21.4 Å². The number of para-hydroxylation sites is 1. The minimum absolute atomic E-state index is 0.0368. The molecule has 2 aromatic carbocycles. The zero-order valence-electron chi connectivity index (χ0n) is 16.5. The molecule has 1 aliphatic rings. The molecule has 3 aromatic rings. The smallest absolute Gasteiger partial charge is 0.243 e. The molecular weight excluding hydrogens is 405 g/mol. The van der Waals surface area contributed by atoms with Crippen LogP contribution in [0.5, 0.6) is 0 Å². The predicted octanol–water partition coefficient (Wildman–Crippen LogP) is 3.00. The summed E-state index contributed by atoms with van der Waals surface area (Å²) in [5, 5.41) is 4.14. The first-order valence-electron chi connectivity index (χ1n) is 10.0. The number of nitrogens with zero attached hydrogens (tertiary/aromatic N) is 2. The second-order valence-corrected chi connectivity index (χ2v) is 9.43. The van der Waals surface area contributed by atoms with E-state index in [1.807, 2.05) is 18.3 Å². The Hall–Kier alpha value is -2.71. The summed E-state index contributed by atoms with van der Waals surface area (Å²) in [4.78, 5) is 12.6. The van der Waals surface area contributed by atoms with Crippen LogP contribution in [0.25, 0.3) is 10.9 Å². The number of halogens is 1. The van der Waals surface area contributed by atoms with Crippen molar-refractivity contribution in [2.24, 2.45) is 5.92 Å². The van der Waals surface area contributed by atoms with Crippen LogP contribution in [0.1, 0.15) is 12.8 Å². The van der Waals surface area contributed by atoms with Gasteiger partial charge in [0.1, 0.15) is 5.82 Å². The molecule has 0 spiro atoms. The first-order chi connectivity index (χ1) is 14.4. The summed E-state index contributed by atoms with van der Waals surface area (Å²) in [7, 11) is -3.66. The number of rotatable bonds is 6. The van der Waals surface area contributed by atoms with Crippen molar-refractivity contribution in [3.05, 3.63) is 66.6 Å². The van der Waals surface area contributed by atoms with E-state index in [0.29, 0.717) is 25.9 Å². The van der Waals surface area contributed by atoms with E-state index in [-0.39, 0.29) is 29.8 Å². The van der Waals surface area contributed by atoms with E-state index in [1.54, 1.807) is 0 Å². The van der Waals surface area contributed by atoms with Gasteiger partial charge in [-0.3, -0.25) is 4.79 Å². The quantitative estimate of drug-likeness (QED) is 0.655. The fraction of sp³-hybridized carbons (Fsp3) is 0.318. The molecule has 0 bridgehead atoms. The van der Waals surface area contributed by atoms with Gasteiger partial charge in [0.2, 0.25) is 15.9 Å². The Morgan fingerprint density at radius 3 is 2.47 bits per heavy atom. The number of hydrogen-bond donors (Lipinski definition) is 1. The maximum absolute atomic E-state index is 13.1. The van der Waals surface area contributed by atoms with E-state index in [2.05, 4.69) is 28.1 Å². The van der Waals surface area contributed by atoms with Gasteiger partial charge in [0.15, 0.2) is 0 Å². The van der Waals surface area contributed by atoms with Gasteiger partial charge in [-0.2, -0.15) is 4.31 Å². The number of nitrogens with one attached hydrogen (secondary N) is 1. The summed E-state index contributed by atoms with van der Waals surface area (Å²) in [6.07, 6.45) is 2.95. The lowest BCUT2D eigenvalue weighted by Crippen LogP contribution is -2.43. The van der Waals surface area contributed by atoms with Crippen molar-refractivity contribution in [3.8, 4) is 0 Å². The van der Waals surface area contributed by atoms with Crippen molar-refractivity contribution in [2.45, 2.75) is 24.3 Å². The zero-order valence-corrected chi connectivity index (χ0v) is 17.3. The molecule has 0 atom stereocenters. The van der Waals surface area contributed by atoms with Crippen molar-refractivity contribution < 1.29 is 17.6 Å². The van der Waals surface area contributed by atoms with Gasteiger partial charge in [-0.25, -0.2) is 12.8 Å². The molecule has 1 aromatic heterocycles. The monoisotopic (exact) mass is 429 g/mol. The van der Waals surface area contributed by atoms with Crippen LogP contribution in [0, 0.1) is 11.7 Å². The molecule has 30 heavy (non-hydrogen) atoms. The largest absolute Gasteiger partial charge is 0.354 e. The van der Waals surface area contributed by atoms with E-state index in [4.69, 9.17) is 0 Å². The molecule has 1 fully saturated rings. The topological polar surface area (TPSA) is 71.4 Å². The minimum Gasteiger partial charge on any atom is -0.354 e. The summed E-state index contributed by atoms with van der Waals surface area (Å²) in [5.74, 6) is -0.714. The highest BCUT2D eigenvalue weighted by Gasteiger charge is 2.31. The number of benzene rings is 2. The predicted molar refractivity (Wildman–Crippen MR) is 113 cm³/mol. The second kappa shape index (κ2) is 8.57. The minimum atomic E-state index is -3.66. The van der Waals surface area contributed by atoms with E-state index in [1.165, 1.54) is 21.8 Å². The molecule has 0 aliphatic carbocycles. The molecule has 1 aliphatic heterocycles. The Labute approximate surface area is 175 Å². The molecule has 1 saturated heterocycles. The molecule has 158 valence electrons. The van der Waals surface area contributed by atoms with Crippen LogP contribution in [0.4, 0.5) is 4.39 Å². The van der Waals surface area contributed by atoms with E-state index < -0.39 is 15.8 Å². The summed E-state index contributed by atoms with van der Waals surface area (Å²) < 4.78 is 41.9. The highest BCUT2D eigenvalue weighted by Crippen LogP contribution is 2.24. The van der Waals surface area contributed by atoms with E-state index in [9.17, 15) is 17.6 Å². The van der Waals surface area contributed by atoms with Crippen molar-refractivity contribution in [1.82, 2.24) is 14.2 Å². The van der Waals surface area contributed by atoms with Gasteiger partial charge >= 0.3 is 0 Å². The summed E-state index contributed by atoms with van der Waals surface area (Å²) in [5.41, 5.74) is 1.13. The number of aromatic nitrogens is 1. The van der Waals surface area contributed by atoms with Crippen molar-refractivity contribution >= 4 is 26.8 Å². The lowest BCUT2D eigenvalue weighted by molar-refractivity contribution is -0.126. The highest BCUT2D eigenvalue weighted by atomic mass is 32.2. The van der Waals surface area contributed by atoms with Gasteiger partial charge in [0.05, 0.1) is 4.90 Å². The summed E-state index contributed by atoms with van der Waals surface area (Å²) in [6, 6.07) is 15.0. The number of carbonyl (C=O) groups is 1. The lowest BCUT2D eigenvalue weighted by Gasteiger charge is -2.30. The molecule has 4 rings (SSSR count). The van der Waals surface area contributed by atoms with Gasteiger partial charge in [-0.05, 0) is 54.6 Å². The average molecular weight is 430 g/mol. The fourth-order valence-electron chi connectivity index (χ4n) is 3.89. The van der Waals surface area contributed by atoms with Gasteiger partial charge < -0.3 is 9.88 Å². The molecule has 1 amide bonds. The van der Waals surface area contributed by atoms with Crippen molar-refractivity contribution in [3.63, 3.8) is 0 Å². The number of hydrogen-bond acceptors (Lipinski definition) is 3. The molecule has 1 N–H and O–H groups in total. The lowest BCUT2D eigenvalue weighted by atomic mass is 9.97. The molecule has 0 unspecified atom stereocenters. The number of carbonyl (C=O) groups excluding carboxylic acids is 1. The summed E-state index contributed by atoms with van der Waals surface area (Å²) >= 11 is 0. The highest BCUT2D eigenvalue weighted by molar-refractivity contribution is 7.89. The molecular formula is C22H24FN3O3S. The number of fused-ring (bicyclic) bond motifs is 1. The maximum atomic E-state index is 13.1. The molecule has 0 saturated carbocycles. The third kappa shape index (κ3) is 4.24. The van der Waals surface area contributed by atoms with Crippen LogP contribution in [0.15, 0.2) is 65.7 Å². The SMILES string of the molecule is O=C(NCCn1ccc2ccccc21)C1CCN(S(=O)(=O)c2ccc(F)cc2)CC1. The standard InChI is InChI=1S/C22H24FN3O3S/c23-19-5-7-20(8-6-19)30(28,29)26-14-10-18(11-15-26)22(27)24-12-16-25-13-9-17-3-1-2-4-21(17)25/h1-9,13,18H,10-12,14-16H2,(H,24,27). The molecule has 0 radical (unpaired) electrons. The van der Waals surface area contributed by atoms with Crippen LogP contribution in [0.2, 0.25) is 0 Å². The van der Waals surface area contributed by atoms with E-state index >= 15 is 0 Å². The van der Waals surface area contributed by atoms with Crippen LogP contribution in [0.3, 0.4) is 0 Å². The number of amides is 1. The maximum Gasteiger partial charge on any atom is 0.243 e.